The van der Waals surface area contributed by atoms with E-state index in [9.17, 15) is 4.79 Å². The van der Waals surface area contributed by atoms with Crippen LogP contribution in [0.4, 0.5) is 0 Å². The van der Waals surface area contributed by atoms with Crippen LogP contribution in [0.1, 0.15) is 46.5 Å². The van der Waals surface area contributed by atoms with Crippen LogP contribution in [-0.2, 0) is 6.54 Å². The van der Waals surface area contributed by atoms with Crippen LogP contribution in [0.3, 0.4) is 0 Å². The van der Waals surface area contributed by atoms with Crippen molar-refractivity contribution in [1.29, 1.82) is 0 Å². The van der Waals surface area contributed by atoms with Gasteiger partial charge in [-0.05, 0) is 91.3 Å². The highest BCUT2D eigenvalue weighted by Crippen LogP contribution is 2.23. The summed E-state index contributed by atoms with van der Waals surface area (Å²) in [5.41, 5.74) is 1.91. The standard InChI is InChI=1S/C25H30N2O2S/c1-19-10-15-30-24(19)18-26-25(28)22-7-6-21-17-23(9-8-20(21)16-22)29-14-5-13-27-11-3-2-4-12-27/h6-10,15-17H,2-5,11-14,18H2,1H3,(H,26,28). The van der Waals surface area contributed by atoms with Gasteiger partial charge in [0.05, 0.1) is 13.2 Å². The number of thiophene rings is 1. The molecule has 0 unspecified atom stereocenters. The Morgan fingerprint density at radius 3 is 2.67 bits per heavy atom. The molecule has 0 bridgehead atoms. The molecule has 0 saturated carbocycles. The molecular formula is C25H30N2O2S. The molecule has 158 valence electrons. The predicted molar refractivity (Wildman–Crippen MR) is 125 cm³/mol. The van der Waals surface area contributed by atoms with E-state index < -0.39 is 0 Å². The average molecular weight is 423 g/mol. The summed E-state index contributed by atoms with van der Waals surface area (Å²) in [7, 11) is 0. The van der Waals surface area contributed by atoms with Crippen LogP contribution in [0, 0.1) is 6.92 Å². The van der Waals surface area contributed by atoms with E-state index in [0.29, 0.717) is 12.1 Å². The van der Waals surface area contributed by atoms with Crippen LogP contribution in [0.5, 0.6) is 5.75 Å². The molecule has 4 rings (SSSR count). The van der Waals surface area contributed by atoms with Crippen molar-refractivity contribution < 1.29 is 9.53 Å². The maximum absolute atomic E-state index is 12.5. The normalized spacial score (nSPS) is 14.7. The molecule has 1 aliphatic heterocycles. The van der Waals surface area contributed by atoms with Crippen molar-refractivity contribution in [3.05, 3.63) is 63.8 Å². The molecule has 1 amide bonds. The third kappa shape index (κ3) is 5.41. The maximum Gasteiger partial charge on any atom is 0.251 e. The number of piperidine rings is 1. The van der Waals surface area contributed by atoms with Gasteiger partial charge >= 0.3 is 0 Å². The Morgan fingerprint density at radius 2 is 1.87 bits per heavy atom. The molecule has 0 atom stereocenters. The number of likely N-dealkylation sites (tertiary alicyclic amines) is 1. The van der Waals surface area contributed by atoms with E-state index in [1.165, 1.54) is 42.8 Å². The number of hydrogen-bond donors (Lipinski definition) is 1. The number of benzene rings is 2. The van der Waals surface area contributed by atoms with E-state index in [4.69, 9.17) is 4.74 Å². The minimum absolute atomic E-state index is 0.0391. The lowest BCUT2D eigenvalue weighted by molar-refractivity contribution is 0.0951. The molecule has 1 aliphatic rings. The quantitative estimate of drug-likeness (QED) is 0.495. The Kier molecular flexibility index (Phi) is 7.03. The highest BCUT2D eigenvalue weighted by atomic mass is 32.1. The molecule has 3 aromatic rings. The summed E-state index contributed by atoms with van der Waals surface area (Å²) >= 11 is 1.68. The monoisotopic (exact) mass is 422 g/mol. The zero-order valence-corrected chi connectivity index (χ0v) is 18.5. The SMILES string of the molecule is Cc1ccsc1CNC(=O)c1ccc2cc(OCCCN3CCCCC3)ccc2c1. The molecule has 1 fully saturated rings. The van der Waals surface area contributed by atoms with Crippen molar-refractivity contribution in [3.63, 3.8) is 0 Å². The zero-order chi connectivity index (χ0) is 20.8. The molecule has 30 heavy (non-hydrogen) atoms. The van der Waals surface area contributed by atoms with Gasteiger partial charge in [-0.15, -0.1) is 11.3 Å². The predicted octanol–water partition coefficient (Wildman–Crippen LogP) is 5.39. The summed E-state index contributed by atoms with van der Waals surface area (Å²) in [5.74, 6) is 0.856. The van der Waals surface area contributed by atoms with Gasteiger partial charge < -0.3 is 15.0 Å². The Hall–Kier alpha value is -2.37. The minimum atomic E-state index is -0.0391. The van der Waals surface area contributed by atoms with Gasteiger partial charge in [0.15, 0.2) is 0 Å². The first-order valence-electron chi connectivity index (χ1n) is 10.9. The third-order valence-electron chi connectivity index (χ3n) is 5.79. The molecule has 2 aromatic carbocycles. The van der Waals surface area contributed by atoms with E-state index in [1.807, 2.05) is 30.3 Å². The summed E-state index contributed by atoms with van der Waals surface area (Å²) in [6.07, 6.45) is 5.10. The van der Waals surface area contributed by atoms with Crippen molar-refractivity contribution in [2.24, 2.45) is 0 Å². The van der Waals surface area contributed by atoms with Crippen molar-refractivity contribution in [1.82, 2.24) is 10.2 Å². The summed E-state index contributed by atoms with van der Waals surface area (Å²) in [4.78, 5) is 16.3. The van der Waals surface area contributed by atoms with E-state index in [1.54, 1.807) is 11.3 Å². The van der Waals surface area contributed by atoms with Gasteiger partial charge in [0.25, 0.3) is 5.91 Å². The van der Waals surface area contributed by atoms with Crippen molar-refractivity contribution in [3.8, 4) is 5.75 Å². The first-order valence-corrected chi connectivity index (χ1v) is 11.8. The Bertz CT molecular complexity index is 992. The van der Waals surface area contributed by atoms with Gasteiger partial charge in [0.2, 0.25) is 0 Å². The second-order valence-electron chi connectivity index (χ2n) is 8.04. The lowest BCUT2D eigenvalue weighted by Crippen LogP contribution is -2.31. The Labute approximate surface area is 182 Å². The molecule has 1 saturated heterocycles. The molecule has 1 N–H and O–H groups in total. The number of fused-ring (bicyclic) bond motifs is 1. The number of amides is 1. The van der Waals surface area contributed by atoms with E-state index in [0.717, 1.165) is 36.1 Å². The fourth-order valence-corrected chi connectivity index (χ4v) is 4.81. The number of rotatable bonds is 8. The number of nitrogens with zero attached hydrogens (tertiary/aromatic N) is 1. The third-order valence-corrected chi connectivity index (χ3v) is 6.81. The molecule has 0 radical (unpaired) electrons. The van der Waals surface area contributed by atoms with E-state index in [2.05, 4.69) is 34.7 Å². The Morgan fingerprint density at radius 1 is 1.07 bits per heavy atom. The van der Waals surface area contributed by atoms with Crippen molar-refractivity contribution in [2.75, 3.05) is 26.2 Å². The number of nitrogens with one attached hydrogen (secondary N) is 1. The second-order valence-corrected chi connectivity index (χ2v) is 9.04. The van der Waals surface area contributed by atoms with Gasteiger partial charge in [-0.2, -0.15) is 0 Å². The highest BCUT2D eigenvalue weighted by molar-refractivity contribution is 7.10. The van der Waals surface area contributed by atoms with Crippen LogP contribution < -0.4 is 10.1 Å². The van der Waals surface area contributed by atoms with Gasteiger partial charge in [0, 0.05) is 17.0 Å². The smallest absolute Gasteiger partial charge is 0.251 e. The van der Waals surface area contributed by atoms with Crippen molar-refractivity contribution >= 4 is 28.0 Å². The average Bonchev–Trinajstić information content (AvgIpc) is 3.20. The summed E-state index contributed by atoms with van der Waals surface area (Å²) < 4.78 is 5.97. The lowest BCUT2D eigenvalue weighted by atomic mass is 10.1. The van der Waals surface area contributed by atoms with Crippen LogP contribution in [0.2, 0.25) is 0 Å². The zero-order valence-electron chi connectivity index (χ0n) is 17.7. The largest absolute Gasteiger partial charge is 0.494 e. The number of carbonyl (C=O) groups excluding carboxylic acids is 1. The van der Waals surface area contributed by atoms with E-state index in [-0.39, 0.29) is 5.91 Å². The molecule has 4 nitrogen and oxygen atoms in total. The number of carbonyl (C=O) groups is 1. The molecule has 0 aliphatic carbocycles. The number of ether oxygens (including phenoxy) is 1. The molecule has 2 heterocycles. The van der Waals surface area contributed by atoms with Crippen molar-refractivity contribution in [2.45, 2.75) is 39.2 Å². The van der Waals surface area contributed by atoms with Gasteiger partial charge in [0.1, 0.15) is 5.75 Å². The van der Waals surface area contributed by atoms with Gasteiger partial charge in [-0.1, -0.05) is 18.6 Å². The van der Waals surface area contributed by atoms with Gasteiger partial charge in [-0.3, -0.25) is 4.79 Å². The summed E-state index contributed by atoms with van der Waals surface area (Å²) in [6, 6.07) is 14.0. The minimum Gasteiger partial charge on any atom is -0.494 e. The lowest BCUT2D eigenvalue weighted by Gasteiger charge is -2.26. The van der Waals surface area contributed by atoms with Gasteiger partial charge in [-0.25, -0.2) is 0 Å². The van der Waals surface area contributed by atoms with Crippen LogP contribution in [0.15, 0.2) is 47.8 Å². The summed E-state index contributed by atoms with van der Waals surface area (Å²) in [5, 5.41) is 7.22. The second kappa shape index (κ2) is 10.1. The highest BCUT2D eigenvalue weighted by Gasteiger charge is 2.10. The summed E-state index contributed by atoms with van der Waals surface area (Å²) in [6.45, 7) is 6.98. The molecular weight excluding hydrogens is 392 g/mol. The fourth-order valence-electron chi connectivity index (χ4n) is 3.96. The molecule has 1 aromatic heterocycles. The number of aryl methyl sites for hydroxylation is 1. The van der Waals surface area contributed by atoms with Crippen LogP contribution >= 0.6 is 11.3 Å². The fraction of sp³-hybridized carbons (Fsp3) is 0.400. The topological polar surface area (TPSA) is 41.6 Å². The first-order chi connectivity index (χ1) is 14.7. The number of hydrogen-bond acceptors (Lipinski definition) is 4. The van der Waals surface area contributed by atoms with Crippen LogP contribution in [0.25, 0.3) is 10.8 Å². The van der Waals surface area contributed by atoms with Crippen LogP contribution in [-0.4, -0.2) is 37.0 Å². The molecule has 5 heteroatoms. The van der Waals surface area contributed by atoms with E-state index >= 15 is 0 Å². The first kappa shape index (κ1) is 20.9. The maximum atomic E-state index is 12.5. The Balaban J connectivity index is 1.30. The molecule has 0 spiro atoms.